The van der Waals surface area contributed by atoms with Gasteiger partial charge in [-0.1, -0.05) is 23.7 Å². The maximum atomic E-state index is 11.8. The van der Waals surface area contributed by atoms with Crippen molar-refractivity contribution in [2.45, 2.75) is 26.3 Å². The normalized spacial score (nSPS) is 11.9. The third-order valence-corrected chi connectivity index (χ3v) is 4.56. The van der Waals surface area contributed by atoms with Crippen molar-refractivity contribution in [3.8, 4) is 0 Å². The van der Waals surface area contributed by atoms with Gasteiger partial charge in [-0.3, -0.25) is 4.79 Å². The van der Waals surface area contributed by atoms with Gasteiger partial charge in [0.2, 0.25) is 15.9 Å². The molecule has 0 saturated carbocycles. The maximum absolute atomic E-state index is 11.8. The summed E-state index contributed by atoms with van der Waals surface area (Å²) >= 11 is 5.88. The van der Waals surface area contributed by atoms with Gasteiger partial charge in [0.15, 0.2) is 0 Å². The summed E-state index contributed by atoms with van der Waals surface area (Å²) in [6.45, 7) is 3.75. The van der Waals surface area contributed by atoms with E-state index >= 15 is 0 Å². The fraction of sp³-hybridized carbons (Fsp3) is 0.500. The lowest BCUT2D eigenvalue weighted by Gasteiger charge is -2.23. The minimum absolute atomic E-state index is 0.161. The first-order chi connectivity index (χ1) is 9.70. The van der Waals surface area contributed by atoms with Crippen molar-refractivity contribution in [2.24, 2.45) is 0 Å². The van der Waals surface area contributed by atoms with E-state index in [0.29, 0.717) is 18.0 Å². The Balaban J connectivity index is 2.47. The molecule has 0 fully saturated rings. The van der Waals surface area contributed by atoms with E-state index in [9.17, 15) is 13.2 Å². The summed E-state index contributed by atoms with van der Waals surface area (Å²) in [6, 6.07) is 7.15. The highest BCUT2D eigenvalue weighted by Gasteiger charge is 2.22. The van der Waals surface area contributed by atoms with Crippen LogP contribution in [0.1, 0.15) is 19.4 Å². The van der Waals surface area contributed by atoms with Crippen LogP contribution < -0.4 is 5.32 Å². The van der Waals surface area contributed by atoms with Crippen molar-refractivity contribution < 1.29 is 13.2 Å². The van der Waals surface area contributed by atoms with Gasteiger partial charge < -0.3 is 5.32 Å². The molecule has 0 bridgehead atoms. The van der Waals surface area contributed by atoms with Gasteiger partial charge in [0.1, 0.15) is 0 Å². The SMILES string of the molecule is CC(C)N(CC(=O)NCCc1cccc(Cl)c1)S(C)(=O)=O. The molecule has 0 unspecified atom stereocenters. The zero-order chi connectivity index (χ0) is 16.0. The van der Waals surface area contributed by atoms with E-state index in [1.54, 1.807) is 19.9 Å². The average Bonchev–Trinajstić information content (AvgIpc) is 2.34. The number of benzene rings is 1. The largest absolute Gasteiger partial charge is 0.355 e. The van der Waals surface area contributed by atoms with Crippen molar-refractivity contribution in [1.29, 1.82) is 0 Å². The monoisotopic (exact) mass is 332 g/mol. The van der Waals surface area contributed by atoms with Gasteiger partial charge in [0.25, 0.3) is 0 Å². The number of hydrogen-bond donors (Lipinski definition) is 1. The molecule has 1 N–H and O–H groups in total. The fourth-order valence-electron chi connectivity index (χ4n) is 1.92. The van der Waals surface area contributed by atoms with Crippen molar-refractivity contribution in [3.05, 3.63) is 34.9 Å². The van der Waals surface area contributed by atoms with Crippen LogP contribution >= 0.6 is 11.6 Å². The summed E-state index contributed by atoms with van der Waals surface area (Å²) in [5.74, 6) is -0.309. The number of carbonyl (C=O) groups is 1. The van der Waals surface area contributed by atoms with Gasteiger partial charge in [-0.2, -0.15) is 4.31 Å². The lowest BCUT2D eigenvalue weighted by atomic mass is 10.1. The third-order valence-electron chi connectivity index (χ3n) is 2.93. The second kappa shape index (κ2) is 7.77. The van der Waals surface area contributed by atoms with Crippen LogP contribution in [0.5, 0.6) is 0 Å². The zero-order valence-electron chi connectivity index (χ0n) is 12.5. The maximum Gasteiger partial charge on any atom is 0.235 e. The number of amides is 1. The molecule has 1 rings (SSSR count). The van der Waals surface area contributed by atoms with Crippen LogP contribution in [0.2, 0.25) is 5.02 Å². The van der Waals surface area contributed by atoms with Crippen LogP contribution in [0.3, 0.4) is 0 Å². The predicted octanol–water partition coefficient (Wildman–Crippen LogP) is 1.67. The smallest absolute Gasteiger partial charge is 0.235 e. The molecule has 7 heteroatoms. The van der Waals surface area contributed by atoms with Crippen LogP contribution in [0.15, 0.2) is 24.3 Å². The average molecular weight is 333 g/mol. The Kier molecular flexibility index (Phi) is 6.64. The molecule has 0 heterocycles. The molecule has 118 valence electrons. The summed E-state index contributed by atoms with van der Waals surface area (Å²) in [5.41, 5.74) is 1.02. The number of hydrogen-bond acceptors (Lipinski definition) is 3. The summed E-state index contributed by atoms with van der Waals surface area (Å²) < 4.78 is 24.3. The van der Waals surface area contributed by atoms with Crippen LogP contribution in [-0.4, -0.2) is 44.0 Å². The molecule has 0 aliphatic rings. The molecule has 0 aliphatic carbocycles. The molecule has 0 spiro atoms. The minimum Gasteiger partial charge on any atom is -0.355 e. The molecular weight excluding hydrogens is 312 g/mol. The molecule has 0 atom stereocenters. The summed E-state index contributed by atoms with van der Waals surface area (Å²) in [7, 11) is -3.39. The highest BCUT2D eigenvalue weighted by Crippen LogP contribution is 2.10. The summed E-state index contributed by atoms with van der Waals surface area (Å²) in [6.07, 6.45) is 1.75. The second-order valence-electron chi connectivity index (χ2n) is 5.13. The van der Waals surface area contributed by atoms with Crippen LogP contribution in [0, 0.1) is 0 Å². The van der Waals surface area contributed by atoms with Gasteiger partial charge in [0, 0.05) is 17.6 Å². The zero-order valence-corrected chi connectivity index (χ0v) is 14.0. The van der Waals surface area contributed by atoms with Crippen molar-refractivity contribution in [1.82, 2.24) is 9.62 Å². The third kappa shape index (κ3) is 6.46. The van der Waals surface area contributed by atoms with Crippen LogP contribution in [0.25, 0.3) is 0 Å². The Hall–Kier alpha value is -1.11. The standard InChI is InChI=1S/C14H21ClN2O3S/c1-11(2)17(21(3,19)20)10-14(18)16-8-7-12-5-4-6-13(15)9-12/h4-6,9,11H,7-8,10H2,1-3H3,(H,16,18). The number of sulfonamides is 1. The Labute approximate surface area is 131 Å². The van der Waals surface area contributed by atoms with E-state index in [-0.39, 0.29) is 18.5 Å². The van der Waals surface area contributed by atoms with Crippen molar-refractivity contribution >= 4 is 27.5 Å². The second-order valence-corrected chi connectivity index (χ2v) is 7.50. The minimum atomic E-state index is -3.39. The Morgan fingerprint density at radius 1 is 1.38 bits per heavy atom. The molecule has 0 aromatic heterocycles. The molecule has 5 nitrogen and oxygen atoms in total. The van der Waals surface area contributed by atoms with Gasteiger partial charge in [-0.15, -0.1) is 0 Å². The highest BCUT2D eigenvalue weighted by molar-refractivity contribution is 7.88. The van der Waals surface area contributed by atoms with Crippen LogP contribution in [0.4, 0.5) is 0 Å². The van der Waals surface area contributed by atoms with E-state index in [1.165, 1.54) is 4.31 Å². The molecule has 0 aliphatic heterocycles. The quantitative estimate of drug-likeness (QED) is 0.826. The fourth-order valence-corrected chi connectivity index (χ4v) is 3.25. The van der Waals surface area contributed by atoms with Crippen molar-refractivity contribution in [3.63, 3.8) is 0 Å². The number of rotatable bonds is 7. The van der Waals surface area contributed by atoms with E-state index in [1.807, 2.05) is 18.2 Å². The summed E-state index contributed by atoms with van der Waals surface area (Å²) in [5, 5.41) is 3.37. The Bertz CT molecular complexity index is 588. The number of nitrogens with one attached hydrogen (secondary N) is 1. The molecule has 1 amide bonds. The van der Waals surface area contributed by atoms with Gasteiger partial charge in [-0.25, -0.2) is 8.42 Å². The van der Waals surface area contributed by atoms with E-state index in [0.717, 1.165) is 11.8 Å². The number of halogens is 1. The Morgan fingerprint density at radius 3 is 2.57 bits per heavy atom. The molecule has 1 aromatic carbocycles. The van der Waals surface area contributed by atoms with E-state index < -0.39 is 10.0 Å². The van der Waals surface area contributed by atoms with Crippen LogP contribution in [-0.2, 0) is 21.2 Å². The van der Waals surface area contributed by atoms with Gasteiger partial charge >= 0.3 is 0 Å². The van der Waals surface area contributed by atoms with E-state index in [4.69, 9.17) is 11.6 Å². The summed E-state index contributed by atoms with van der Waals surface area (Å²) in [4.78, 5) is 11.8. The molecule has 0 saturated heterocycles. The van der Waals surface area contributed by atoms with E-state index in [2.05, 4.69) is 5.32 Å². The lowest BCUT2D eigenvalue weighted by Crippen LogP contribution is -2.44. The molecule has 1 aromatic rings. The van der Waals surface area contributed by atoms with Crippen molar-refractivity contribution in [2.75, 3.05) is 19.3 Å². The molecular formula is C14H21ClN2O3S. The lowest BCUT2D eigenvalue weighted by molar-refractivity contribution is -0.121. The molecule has 21 heavy (non-hydrogen) atoms. The highest BCUT2D eigenvalue weighted by atomic mass is 35.5. The van der Waals surface area contributed by atoms with Gasteiger partial charge in [-0.05, 0) is 38.0 Å². The number of carbonyl (C=O) groups excluding carboxylic acids is 1. The predicted molar refractivity (Wildman–Crippen MR) is 84.9 cm³/mol. The first-order valence-electron chi connectivity index (χ1n) is 6.68. The first kappa shape index (κ1) is 17.9. The Morgan fingerprint density at radius 2 is 2.05 bits per heavy atom. The number of nitrogens with zero attached hydrogens (tertiary/aromatic N) is 1. The van der Waals surface area contributed by atoms with Gasteiger partial charge in [0.05, 0.1) is 12.8 Å². The molecule has 0 radical (unpaired) electrons. The first-order valence-corrected chi connectivity index (χ1v) is 8.90. The topological polar surface area (TPSA) is 66.5 Å².